The molecular weight excluding hydrogens is 573 g/mol. The van der Waals surface area contributed by atoms with Gasteiger partial charge < -0.3 is 14.6 Å². The second-order valence-corrected chi connectivity index (χ2v) is 17.5. The van der Waals surface area contributed by atoms with Crippen molar-refractivity contribution in [1.29, 1.82) is 0 Å². The lowest BCUT2D eigenvalue weighted by molar-refractivity contribution is -0.140. The molecule has 5 heteroatoms. The largest absolute Gasteiger partial charge is 0.494 e. The molecule has 45 heavy (non-hydrogen) atoms. The minimum Gasteiger partial charge on any atom is -0.494 e. The Morgan fingerprint density at radius 2 is 1.20 bits per heavy atom. The number of carbonyl (C=O) groups excluding carboxylic acids is 1. The zero-order valence-electron chi connectivity index (χ0n) is 27.4. The molecule has 4 nitrogen and oxygen atoms in total. The molecule has 0 aliphatic rings. The molecule has 0 saturated heterocycles. The van der Waals surface area contributed by atoms with Crippen molar-refractivity contribution in [1.82, 2.24) is 0 Å². The van der Waals surface area contributed by atoms with Gasteiger partial charge in [-0.2, -0.15) is 0 Å². The predicted molar refractivity (Wildman–Crippen MR) is 191 cm³/mol. The molecule has 4 aromatic carbocycles. The van der Waals surface area contributed by atoms with Crippen molar-refractivity contribution in [3.63, 3.8) is 0 Å². The van der Waals surface area contributed by atoms with Crippen LogP contribution in [0.1, 0.15) is 39.5 Å². The van der Waals surface area contributed by atoms with E-state index in [1.165, 1.54) is 41.1 Å². The summed E-state index contributed by atoms with van der Waals surface area (Å²) in [5.74, 6) is 0.279. The van der Waals surface area contributed by atoms with Crippen LogP contribution in [0.25, 0.3) is 33.4 Å². The maximum Gasteiger partial charge on any atom is 0.333 e. The van der Waals surface area contributed by atoms with Crippen molar-refractivity contribution in [3.05, 3.63) is 109 Å². The van der Waals surface area contributed by atoms with Crippen molar-refractivity contribution in [2.75, 3.05) is 19.8 Å². The molecule has 0 bridgehead atoms. The van der Waals surface area contributed by atoms with Crippen LogP contribution in [0.4, 0.5) is 0 Å². The lowest BCUT2D eigenvalue weighted by Crippen LogP contribution is -2.40. The van der Waals surface area contributed by atoms with E-state index in [1.807, 2.05) is 12.1 Å². The Hall–Kier alpha value is -3.93. The highest BCUT2D eigenvalue weighted by Crippen LogP contribution is 2.29. The smallest absolute Gasteiger partial charge is 0.333 e. The summed E-state index contributed by atoms with van der Waals surface area (Å²) in [7, 11) is -1.36. The molecule has 1 atom stereocenters. The van der Waals surface area contributed by atoms with E-state index in [0.717, 1.165) is 23.3 Å². The van der Waals surface area contributed by atoms with Crippen LogP contribution in [0.2, 0.25) is 19.1 Å². The molecule has 0 radical (unpaired) electrons. The third kappa shape index (κ3) is 9.78. The molecule has 0 aromatic heterocycles. The average Bonchev–Trinajstić information content (AvgIpc) is 3.07. The van der Waals surface area contributed by atoms with E-state index in [9.17, 15) is 9.90 Å². The van der Waals surface area contributed by atoms with Gasteiger partial charge >= 0.3 is 5.97 Å². The molecule has 0 amide bonds. The highest BCUT2D eigenvalue weighted by Gasteiger charge is 2.22. The number of aliphatic hydroxyl groups excluding tert-OH is 1. The van der Waals surface area contributed by atoms with E-state index in [0.29, 0.717) is 18.6 Å². The van der Waals surface area contributed by atoms with Crippen molar-refractivity contribution in [2.45, 2.75) is 58.7 Å². The molecule has 1 N–H and O–H groups in total. The number of rotatable bonds is 16. The third-order valence-corrected chi connectivity index (χ3v) is 12.0. The minimum atomic E-state index is -1.36. The Morgan fingerprint density at radius 3 is 1.62 bits per heavy atom. The van der Waals surface area contributed by atoms with Crippen LogP contribution in [-0.2, 0) is 9.53 Å². The van der Waals surface area contributed by atoms with Gasteiger partial charge in [0.05, 0.1) is 21.3 Å². The topological polar surface area (TPSA) is 55.8 Å². The van der Waals surface area contributed by atoms with Gasteiger partial charge in [0.2, 0.25) is 0 Å². The Labute approximate surface area is 270 Å². The van der Waals surface area contributed by atoms with E-state index in [4.69, 9.17) is 9.47 Å². The summed E-state index contributed by atoms with van der Waals surface area (Å²) in [4.78, 5) is 11.6. The first kappa shape index (κ1) is 33.9. The fourth-order valence-electron chi connectivity index (χ4n) is 5.44. The zero-order valence-corrected chi connectivity index (χ0v) is 28.4. The van der Waals surface area contributed by atoms with Gasteiger partial charge in [-0.1, -0.05) is 136 Å². The number of esters is 1. The number of benzene rings is 4. The van der Waals surface area contributed by atoms with Crippen molar-refractivity contribution in [3.8, 4) is 39.1 Å². The minimum absolute atomic E-state index is 0.0320. The van der Waals surface area contributed by atoms with Crippen molar-refractivity contribution in [2.24, 2.45) is 5.92 Å². The Balaban J connectivity index is 1.28. The number of aliphatic hydroxyl groups is 1. The average molecular weight is 621 g/mol. The summed E-state index contributed by atoms with van der Waals surface area (Å²) < 4.78 is 11.1. The zero-order chi connectivity index (χ0) is 32.2. The third-order valence-electron chi connectivity index (χ3n) is 8.53. The molecule has 0 fully saturated rings. The summed E-state index contributed by atoms with van der Waals surface area (Å²) in [5.41, 5.74) is 7.56. The number of hydrogen-bond donors (Lipinski definition) is 1. The summed E-state index contributed by atoms with van der Waals surface area (Å²) in [6.07, 6.45) is 4.05. The molecular formula is C40H48O4Si. The van der Waals surface area contributed by atoms with Gasteiger partial charge in [-0.3, -0.25) is 0 Å². The molecule has 0 heterocycles. The quantitative estimate of drug-likeness (QED) is 0.0587. The standard InChI is InChI=1S/C40H48O4Si/c1-6-7-27-45(4,5)39-24-20-37(21-25-39)35-16-12-33(13-17-35)32-10-14-34(15-11-32)36-18-22-38(23-19-36)43-26-8-9-31(28-41)29-44-40(42)30(2)3/h10-25,31,41H,2,6-9,26-29H2,1,3-5H3. The Bertz CT molecular complexity index is 1510. The summed E-state index contributed by atoms with van der Waals surface area (Å²) >= 11 is 0. The normalized spacial score (nSPS) is 12.0. The Morgan fingerprint density at radius 1 is 0.756 bits per heavy atom. The molecule has 0 aliphatic carbocycles. The number of ether oxygens (including phenoxy) is 2. The van der Waals surface area contributed by atoms with Crippen LogP contribution in [0.15, 0.2) is 109 Å². The lowest BCUT2D eigenvalue weighted by Gasteiger charge is -2.23. The maximum absolute atomic E-state index is 11.6. The summed E-state index contributed by atoms with van der Waals surface area (Å²) in [5, 5.41) is 11.1. The number of unbranched alkanes of at least 4 members (excludes halogenated alkanes) is 1. The predicted octanol–water partition coefficient (Wildman–Crippen LogP) is 9.29. The van der Waals surface area contributed by atoms with E-state index in [-0.39, 0.29) is 19.1 Å². The van der Waals surface area contributed by atoms with Gasteiger partial charge in [-0.05, 0) is 65.3 Å². The molecule has 4 aromatic rings. The van der Waals surface area contributed by atoms with Crippen molar-refractivity contribution < 1.29 is 19.4 Å². The van der Waals surface area contributed by atoms with Crippen molar-refractivity contribution >= 4 is 19.2 Å². The van der Waals surface area contributed by atoms with Crippen LogP contribution in [0, 0.1) is 5.92 Å². The van der Waals surface area contributed by atoms with Crippen LogP contribution >= 0.6 is 0 Å². The Kier molecular flexibility index (Phi) is 12.4. The van der Waals surface area contributed by atoms with Gasteiger partial charge in [-0.15, -0.1) is 0 Å². The highest BCUT2D eigenvalue weighted by molar-refractivity contribution is 6.89. The second-order valence-electron chi connectivity index (χ2n) is 12.7. The van der Waals surface area contributed by atoms with Crippen LogP contribution in [0.5, 0.6) is 5.75 Å². The molecule has 236 valence electrons. The summed E-state index contributed by atoms with van der Waals surface area (Å²) in [6.45, 7) is 13.1. The SMILES string of the molecule is C=C(C)C(=O)OCC(CO)CCCOc1ccc(-c2ccc(-c3ccc(-c4ccc([Si](C)(C)CCCC)cc4)cc3)cc2)cc1. The van der Waals surface area contributed by atoms with Gasteiger partial charge in [0.25, 0.3) is 0 Å². The van der Waals surface area contributed by atoms with E-state index < -0.39 is 14.0 Å². The molecule has 0 saturated carbocycles. The molecule has 0 aliphatic heterocycles. The van der Waals surface area contributed by atoms with E-state index >= 15 is 0 Å². The fraction of sp³-hybridized carbons (Fsp3) is 0.325. The second kappa shape index (κ2) is 16.4. The number of carbonyl (C=O) groups is 1. The van der Waals surface area contributed by atoms with Gasteiger partial charge in [0.15, 0.2) is 0 Å². The fourth-order valence-corrected chi connectivity index (χ4v) is 8.03. The highest BCUT2D eigenvalue weighted by atomic mass is 28.3. The summed E-state index contributed by atoms with van der Waals surface area (Å²) in [6, 6.07) is 36.3. The first-order chi connectivity index (χ1) is 21.7. The lowest BCUT2D eigenvalue weighted by atomic mass is 9.98. The molecule has 4 rings (SSSR count). The van der Waals surface area contributed by atoms with Gasteiger partial charge in [0, 0.05) is 18.1 Å². The van der Waals surface area contributed by atoms with Crippen LogP contribution < -0.4 is 9.92 Å². The first-order valence-corrected chi connectivity index (χ1v) is 19.4. The van der Waals surface area contributed by atoms with E-state index in [1.54, 1.807) is 12.1 Å². The monoisotopic (exact) mass is 620 g/mol. The van der Waals surface area contributed by atoms with Gasteiger partial charge in [-0.25, -0.2) is 4.79 Å². The van der Waals surface area contributed by atoms with Gasteiger partial charge in [0.1, 0.15) is 5.75 Å². The molecule has 1 unspecified atom stereocenters. The van der Waals surface area contributed by atoms with Crippen LogP contribution in [0.3, 0.4) is 0 Å². The molecule has 0 spiro atoms. The first-order valence-electron chi connectivity index (χ1n) is 16.2. The number of hydrogen-bond acceptors (Lipinski definition) is 4. The van der Waals surface area contributed by atoms with E-state index in [2.05, 4.69) is 112 Å². The van der Waals surface area contributed by atoms with Crippen LogP contribution in [-0.4, -0.2) is 39.0 Å². The maximum atomic E-state index is 11.6.